The molecule has 0 bridgehead atoms. The zero-order chi connectivity index (χ0) is 9.73. The van der Waals surface area contributed by atoms with E-state index in [9.17, 15) is 4.57 Å². The van der Waals surface area contributed by atoms with Gasteiger partial charge in [0.15, 0.2) is 0 Å². The molecule has 78 valence electrons. The van der Waals surface area contributed by atoms with Crippen LogP contribution in [-0.2, 0) is 9.09 Å². The van der Waals surface area contributed by atoms with Gasteiger partial charge in [0.05, 0.1) is 6.10 Å². The normalized spacial score (nSPS) is 24.2. The van der Waals surface area contributed by atoms with E-state index in [0.717, 1.165) is 19.3 Å². The molecule has 0 spiro atoms. The summed E-state index contributed by atoms with van der Waals surface area (Å²) in [7, 11) is 0. The Bertz CT molecular complexity index is 190. The molecular formula is C9H18ClO2P. The Labute approximate surface area is 85.2 Å². The van der Waals surface area contributed by atoms with Gasteiger partial charge in [-0.15, -0.1) is 0 Å². The van der Waals surface area contributed by atoms with Crippen LogP contribution in [0.25, 0.3) is 0 Å². The standard InChI is InChI=1S/C9H18ClO2P/c1-2-8-13(10,11)12-9-6-4-3-5-7-9/h9H,2-8H2,1H3. The molecule has 0 saturated heterocycles. The lowest BCUT2D eigenvalue weighted by molar-refractivity contribution is 0.163. The highest BCUT2D eigenvalue weighted by Gasteiger charge is 2.24. The molecule has 13 heavy (non-hydrogen) atoms. The van der Waals surface area contributed by atoms with E-state index in [0.29, 0.717) is 6.16 Å². The molecule has 2 nitrogen and oxygen atoms in total. The monoisotopic (exact) mass is 224 g/mol. The second kappa shape index (κ2) is 5.38. The number of halogens is 1. The van der Waals surface area contributed by atoms with Crippen molar-refractivity contribution in [3.8, 4) is 0 Å². The maximum Gasteiger partial charge on any atom is 0.290 e. The molecule has 0 heterocycles. The van der Waals surface area contributed by atoms with Crippen molar-refractivity contribution in [3.63, 3.8) is 0 Å². The molecule has 1 saturated carbocycles. The van der Waals surface area contributed by atoms with Gasteiger partial charge < -0.3 is 4.52 Å². The van der Waals surface area contributed by atoms with E-state index in [1.54, 1.807) is 0 Å². The SMILES string of the molecule is CCCP(=O)(Cl)OC1CCCCC1. The van der Waals surface area contributed by atoms with Crippen LogP contribution in [0.2, 0.25) is 0 Å². The van der Waals surface area contributed by atoms with Gasteiger partial charge >= 0.3 is 0 Å². The van der Waals surface area contributed by atoms with E-state index in [2.05, 4.69) is 0 Å². The third-order valence-electron chi connectivity index (χ3n) is 2.35. The van der Waals surface area contributed by atoms with Crippen LogP contribution < -0.4 is 0 Å². The number of hydrogen-bond donors (Lipinski definition) is 0. The Kier molecular flexibility index (Phi) is 4.78. The highest BCUT2D eigenvalue weighted by molar-refractivity contribution is 7.85. The van der Waals surface area contributed by atoms with Gasteiger partial charge in [-0.3, -0.25) is 4.57 Å². The fourth-order valence-corrected chi connectivity index (χ4v) is 3.85. The van der Waals surface area contributed by atoms with Gasteiger partial charge in [-0.25, -0.2) is 0 Å². The molecule has 0 aromatic carbocycles. The predicted molar refractivity (Wildman–Crippen MR) is 56.6 cm³/mol. The minimum absolute atomic E-state index is 0.156. The van der Waals surface area contributed by atoms with Crippen LogP contribution >= 0.6 is 18.0 Å². The summed E-state index contributed by atoms with van der Waals surface area (Å²) in [6.07, 6.45) is 7.20. The lowest BCUT2D eigenvalue weighted by atomic mass is 9.98. The first-order valence-corrected chi connectivity index (χ1v) is 7.82. The van der Waals surface area contributed by atoms with Gasteiger partial charge in [-0.05, 0) is 30.5 Å². The Morgan fingerprint density at radius 1 is 1.38 bits per heavy atom. The van der Waals surface area contributed by atoms with E-state index < -0.39 is 6.72 Å². The van der Waals surface area contributed by atoms with E-state index in [1.807, 2.05) is 6.92 Å². The van der Waals surface area contributed by atoms with E-state index in [4.69, 9.17) is 15.8 Å². The fraction of sp³-hybridized carbons (Fsp3) is 1.00. The first-order valence-electron chi connectivity index (χ1n) is 5.11. The highest BCUT2D eigenvalue weighted by atomic mass is 35.7. The Morgan fingerprint density at radius 3 is 2.54 bits per heavy atom. The summed E-state index contributed by atoms with van der Waals surface area (Å²) in [5.41, 5.74) is 0. The Balaban J connectivity index is 2.32. The molecule has 1 aliphatic carbocycles. The van der Waals surface area contributed by atoms with Crippen molar-refractivity contribution < 1.29 is 9.09 Å². The van der Waals surface area contributed by atoms with E-state index >= 15 is 0 Å². The van der Waals surface area contributed by atoms with Crippen LogP contribution in [0.15, 0.2) is 0 Å². The molecule has 0 aliphatic heterocycles. The topological polar surface area (TPSA) is 26.3 Å². The van der Waals surface area contributed by atoms with Gasteiger partial charge in [0.2, 0.25) is 0 Å². The summed E-state index contributed by atoms with van der Waals surface area (Å²) >= 11 is 5.80. The number of hydrogen-bond acceptors (Lipinski definition) is 2. The maximum atomic E-state index is 11.6. The van der Waals surface area contributed by atoms with Crippen LogP contribution in [0.4, 0.5) is 0 Å². The molecule has 0 amide bonds. The van der Waals surface area contributed by atoms with Crippen molar-refractivity contribution in [1.82, 2.24) is 0 Å². The van der Waals surface area contributed by atoms with Crippen molar-refractivity contribution in [3.05, 3.63) is 0 Å². The summed E-state index contributed by atoms with van der Waals surface area (Å²) in [5, 5.41) is 0. The second-order valence-electron chi connectivity index (χ2n) is 3.68. The molecule has 1 atom stereocenters. The van der Waals surface area contributed by atoms with Gasteiger partial charge in [0, 0.05) is 6.16 Å². The van der Waals surface area contributed by atoms with Crippen LogP contribution in [0.1, 0.15) is 45.4 Å². The average molecular weight is 225 g/mol. The summed E-state index contributed by atoms with van der Waals surface area (Å²) in [6, 6.07) is 0. The van der Waals surface area contributed by atoms with Crippen LogP contribution in [0, 0.1) is 0 Å². The van der Waals surface area contributed by atoms with Crippen molar-refractivity contribution in [1.29, 1.82) is 0 Å². The molecule has 0 N–H and O–H groups in total. The minimum Gasteiger partial charge on any atom is -0.314 e. The Hall–Kier alpha value is 0.480. The van der Waals surface area contributed by atoms with Crippen LogP contribution in [0.5, 0.6) is 0 Å². The second-order valence-corrected chi connectivity index (χ2v) is 7.06. The quantitative estimate of drug-likeness (QED) is 0.670. The summed E-state index contributed by atoms with van der Waals surface area (Å²) in [5.74, 6) is 0. The zero-order valence-corrected chi connectivity index (χ0v) is 9.82. The van der Waals surface area contributed by atoms with Gasteiger partial charge in [0.25, 0.3) is 6.72 Å². The smallest absolute Gasteiger partial charge is 0.290 e. The molecule has 1 unspecified atom stereocenters. The van der Waals surface area contributed by atoms with E-state index in [1.165, 1.54) is 19.3 Å². The van der Waals surface area contributed by atoms with Gasteiger partial charge in [-0.2, -0.15) is 0 Å². The highest BCUT2D eigenvalue weighted by Crippen LogP contribution is 2.54. The van der Waals surface area contributed by atoms with E-state index in [-0.39, 0.29) is 6.10 Å². The molecule has 0 aromatic rings. The van der Waals surface area contributed by atoms with Crippen molar-refractivity contribution in [2.24, 2.45) is 0 Å². The molecule has 0 aromatic heterocycles. The third kappa shape index (κ3) is 4.49. The minimum atomic E-state index is -2.79. The predicted octanol–water partition coefficient (Wildman–Crippen LogP) is 4.18. The van der Waals surface area contributed by atoms with Crippen molar-refractivity contribution in [2.45, 2.75) is 51.6 Å². The third-order valence-corrected chi connectivity index (χ3v) is 4.69. The summed E-state index contributed by atoms with van der Waals surface area (Å²) < 4.78 is 17.1. The average Bonchev–Trinajstić information content (AvgIpc) is 2.04. The lowest BCUT2D eigenvalue weighted by Crippen LogP contribution is -2.14. The first kappa shape index (κ1) is 11.6. The lowest BCUT2D eigenvalue weighted by Gasteiger charge is -2.24. The fourth-order valence-electron chi connectivity index (χ4n) is 1.71. The van der Waals surface area contributed by atoms with Crippen molar-refractivity contribution in [2.75, 3.05) is 6.16 Å². The first-order chi connectivity index (χ1) is 6.14. The van der Waals surface area contributed by atoms with Gasteiger partial charge in [0.1, 0.15) is 0 Å². The summed E-state index contributed by atoms with van der Waals surface area (Å²) in [6.45, 7) is -0.817. The van der Waals surface area contributed by atoms with Gasteiger partial charge in [-0.1, -0.05) is 26.2 Å². The Morgan fingerprint density at radius 2 is 2.00 bits per heavy atom. The maximum absolute atomic E-state index is 11.6. The molecule has 0 radical (unpaired) electrons. The molecule has 4 heteroatoms. The molecular weight excluding hydrogens is 207 g/mol. The molecule has 1 fully saturated rings. The molecule has 1 aliphatic rings. The van der Waals surface area contributed by atoms with Crippen LogP contribution in [-0.4, -0.2) is 12.3 Å². The summed E-state index contributed by atoms with van der Waals surface area (Å²) in [4.78, 5) is 0. The largest absolute Gasteiger partial charge is 0.314 e. The molecule has 1 rings (SSSR count). The van der Waals surface area contributed by atoms with Crippen LogP contribution in [0.3, 0.4) is 0 Å². The zero-order valence-electron chi connectivity index (χ0n) is 8.17. The van der Waals surface area contributed by atoms with Crippen molar-refractivity contribution >= 4 is 18.0 Å². The number of rotatable bonds is 4.